The first-order chi connectivity index (χ1) is 13.9. The van der Waals surface area contributed by atoms with Crippen LogP contribution in [0, 0.1) is 0 Å². The molecule has 0 aliphatic carbocycles. The lowest BCUT2D eigenvalue weighted by Gasteiger charge is -2.20. The average molecular weight is 399 g/mol. The second-order valence-corrected chi connectivity index (χ2v) is 6.89. The second-order valence-electron chi connectivity index (χ2n) is 6.89. The molecule has 2 aromatic carbocycles. The minimum atomic E-state index is -0.191. The number of anilines is 2. The van der Waals surface area contributed by atoms with E-state index in [9.17, 15) is 9.59 Å². The van der Waals surface area contributed by atoms with Gasteiger partial charge in [-0.3, -0.25) is 14.5 Å². The summed E-state index contributed by atoms with van der Waals surface area (Å²) in [7, 11) is 5.53. The van der Waals surface area contributed by atoms with Gasteiger partial charge in [-0.2, -0.15) is 0 Å². The number of carbonyl (C=O) groups is 2. The summed E-state index contributed by atoms with van der Waals surface area (Å²) in [6, 6.07) is 15.2. The van der Waals surface area contributed by atoms with E-state index in [2.05, 4.69) is 10.6 Å². The Balaban J connectivity index is 1.82. The minimum Gasteiger partial charge on any atom is -0.495 e. The number of methoxy groups -OCH3 is 1. The van der Waals surface area contributed by atoms with Gasteiger partial charge in [-0.25, -0.2) is 0 Å². The Morgan fingerprint density at radius 2 is 1.62 bits per heavy atom. The van der Waals surface area contributed by atoms with Crippen LogP contribution in [0.3, 0.4) is 0 Å². The van der Waals surface area contributed by atoms with E-state index in [1.54, 1.807) is 24.1 Å². The van der Waals surface area contributed by atoms with Gasteiger partial charge in [-0.1, -0.05) is 31.2 Å². The molecule has 7 heteroatoms. The normalized spacial score (nSPS) is 10.5. The molecule has 0 aliphatic rings. The molecule has 0 bridgehead atoms. The smallest absolute Gasteiger partial charge is 0.238 e. The van der Waals surface area contributed by atoms with Crippen LogP contribution in [0.4, 0.5) is 11.4 Å². The first-order valence-corrected chi connectivity index (χ1v) is 9.61. The highest BCUT2D eigenvalue weighted by Crippen LogP contribution is 2.22. The summed E-state index contributed by atoms with van der Waals surface area (Å²) in [6.07, 6.45) is 0. The number of ether oxygens (including phenoxy) is 1. The van der Waals surface area contributed by atoms with Crippen molar-refractivity contribution >= 4 is 23.2 Å². The summed E-state index contributed by atoms with van der Waals surface area (Å²) in [5.41, 5.74) is 2.75. The molecule has 0 unspecified atom stereocenters. The Hall–Kier alpha value is -3.06. The van der Waals surface area contributed by atoms with Crippen molar-refractivity contribution in [2.75, 3.05) is 51.1 Å². The number of rotatable bonds is 10. The summed E-state index contributed by atoms with van der Waals surface area (Å²) >= 11 is 0. The van der Waals surface area contributed by atoms with E-state index in [1.807, 2.05) is 62.3 Å². The standard InChI is InChI=1S/C22H30N4O3/c1-5-26(16-22(28)24-19-8-6-7-9-20(19)29-4)15-21(27)23-14-17-10-12-18(13-11-17)25(2)3/h6-13H,5,14-16H2,1-4H3,(H,23,27)(H,24,28). The largest absolute Gasteiger partial charge is 0.495 e. The fraction of sp³-hybridized carbons (Fsp3) is 0.364. The number of carbonyl (C=O) groups excluding carboxylic acids is 2. The van der Waals surface area contributed by atoms with Crippen LogP contribution in [0.2, 0.25) is 0 Å². The Kier molecular flexibility index (Phi) is 8.48. The number of para-hydroxylation sites is 2. The first-order valence-electron chi connectivity index (χ1n) is 9.61. The molecule has 0 spiro atoms. The van der Waals surface area contributed by atoms with Gasteiger partial charge >= 0.3 is 0 Å². The van der Waals surface area contributed by atoms with Crippen LogP contribution < -0.4 is 20.3 Å². The molecule has 7 nitrogen and oxygen atoms in total. The van der Waals surface area contributed by atoms with E-state index in [4.69, 9.17) is 4.74 Å². The van der Waals surface area contributed by atoms with E-state index < -0.39 is 0 Å². The molecule has 0 aliphatic heterocycles. The molecule has 29 heavy (non-hydrogen) atoms. The zero-order valence-electron chi connectivity index (χ0n) is 17.6. The molecule has 2 N–H and O–H groups in total. The zero-order chi connectivity index (χ0) is 21.2. The summed E-state index contributed by atoms with van der Waals surface area (Å²) in [5, 5.41) is 5.74. The van der Waals surface area contributed by atoms with Gasteiger partial charge in [0.2, 0.25) is 11.8 Å². The third-order valence-corrected chi connectivity index (χ3v) is 4.51. The van der Waals surface area contributed by atoms with Crippen molar-refractivity contribution in [3.8, 4) is 5.75 Å². The van der Waals surface area contributed by atoms with Crippen molar-refractivity contribution in [1.29, 1.82) is 0 Å². The van der Waals surface area contributed by atoms with Crippen molar-refractivity contribution in [3.05, 3.63) is 54.1 Å². The van der Waals surface area contributed by atoms with Crippen LogP contribution >= 0.6 is 0 Å². The fourth-order valence-electron chi connectivity index (χ4n) is 2.79. The summed E-state index contributed by atoms with van der Waals surface area (Å²) in [5.74, 6) is 0.291. The van der Waals surface area contributed by atoms with Gasteiger partial charge in [0.15, 0.2) is 0 Å². The van der Waals surface area contributed by atoms with E-state index in [1.165, 1.54) is 0 Å². The van der Waals surface area contributed by atoms with E-state index >= 15 is 0 Å². The number of benzene rings is 2. The Labute approximate surface area is 172 Å². The van der Waals surface area contributed by atoms with E-state index in [0.29, 0.717) is 24.5 Å². The van der Waals surface area contributed by atoms with Crippen LogP contribution in [-0.2, 0) is 16.1 Å². The van der Waals surface area contributed by atoms with Gasteiger partial charge in [0.25, 0.3) is 0 Å². The molecule has 0 heterocycles. The van der Waals surface area contributed by atoms with Crippen LogP contribution in [0.25, 0.3) is 0 Å². The Morgan fingerprint density at radius 1 is 0.966 bits per heavy atom. The monoisotopic (exact) mass is 398 g/mol. The lowest BCUT2D eigenvalue weighted by atomic mass is 10.2. The topological polar surface area (TPSA) is 73.9 Å². The highest BCUT2D eigenvalue weighted by molar-refractivity contribution is 5.94. The van der Waals surface area contributed by atoms with Crippen LogP contribution in [-0.4, -0.2) is 57.6 Å². The lowest BCUT2D eigenvalue weighted by Crippen LogP contribution is -2.40. The quantitative estimate of drug-likeness (QED) is 0.643. The lowest BCUT2D eigenvalue weighted by molar-refractivity contribution is -0.123. The molecule has 156 valence electrons. The highest BCUT2D eigenvalue weighted by atomic mass is 16.5. The van der Waals surface area contributed by atoms with Gasteiger partial charge in [0.1, 0.15) is 5.75 Å². The maximum absolute atomic E-state index is 12.4. The number of hydrogen-bond donors (Lipinski definition) is 2. The van der Waals surface area contributed by atoms with E-state index in [0.717, 1.165) is 11.3 Å². The van der Waals surface area contributed by atoms with Crippen molar-refractivity contribution < 1.29 is 14.3 Å². The summed E-state index contributed by atoms with van der Waals surface area (Å²) in [6.45, 7) is 3.25. The third kappa shape index (κ3) is 7.12. The molecule has 2 amide bonds. The second kappa shape index (κ2) is 11.1. The Morgan fingerprint density at radius 3 is 2.24 bits per heavy atom. The number of amides is 2. The molecule has 0 atom stereocenters. The van der Waals surface area contributed by atoms with Gasteiger partial charge < -0.3 is 20.3 Å². The molecule has 0 saturated heterocycles. The Bertz CT molecular complexity index is 806. The van der Waals surface area contributed by atoms with E-state index in [-0.39, 0.29) is 24.9 Å². The molecule has 2 aromatic rings. The van der Waals surface area contributed by atoms with Crippen LogP contribution in [0.5, 0.6) is 5.75 Å². The molecular weight excluding hydrogens is 368 g/mol. The predicted molar refractivity (Wildman–Crippen MR) is 116 cm³/mol. The highest BCUT2D eigenvalue weighted by Gasteiger charge is 2.14. The molecule has 0 saturated carbocycles. The van der Waals surface area contributed by atoms with Gasteiger partial charge in [0, 0.05) is 26.3 Å². The zero-order valence-corrected chi connectivity index (χ0v) is 17.6. The predicted octanol–water partition coefficient (Wildman–Crippen LogP) is 2.34. The summed E-state index contributed by atoms with van der Waals surface area (Å²) in [4.78, 5) is 28.5. The molecular formula is C22H30N4O3. The molecule has 2 rings (SSSR count). The molecule has 0 fully saturated rings. The average Bonchev–Trinajstić information content (AvgIpc) is 2.72. The van der Waals surface area contributed by atoms with Crippen molar-refractivity contribution in [2.24, 2.45) is 0 Å². The van der Waals surface area contributed by atoms with Crippen LogP contribution in [0.15, 0.2) is 48.5 Å². The van der Waals surface area contributed by atoms with Gasteiger partial charge in [-0.15, -0.1) is 0 Å². The SMILES string of the molecule is CCN(CC(=O)NCc1ccc(N(C)C)cc1)CC(=O)Nc1ccccc1OC. The number of nitrogens with one attached hydrogen (secondary N) is 2. The van der Waals surface area contributed by atoms with Gasteiger partial charge in [0.05, 0.1) is 25.9 Å². The number of likely N-dealkylation sites (N-methyl/N-ethyl adjacent to an activating group) is 1. The fourth-order valence-corrected chi connectivity index (χ4v) is 2.79. The number of nitrogens with zero attached hydrogens (tertiary/aromatic N) is 2. The van der Waals surface area contributed by atoms with Gasteiger partial charge in [-0.05, 0) is 36.4 Å². The number of hydrogen-bond acceptors (Lipinski definition) is 5. The minimum absolute atomic E-state index is 0.117. The van der Waals surface area contributed by atoms with Crippen LogP contribution in [0.1, 0.15) is 12.5 Å². The third-order valence-electron chi connectivity index (χ3n) is 4.51. The molecule has 0 aromatic heterocycles. The first kappa shape index (κ1) is 22.2. The molecule has 0 radical (unpaired) electrons. The maximum Gasteiger partial charge on any atom is 0.238 e. The van der Waals surface area contributed by atoms with Crippen molar-refractivity contribution in [1.82, 2.24) is 10.2 Å². The van der Waals surface area contributed by atoms with Crippen molar-refractivity contribution in [2.45, 2.75) is 13.5 Å². The summed E-state index contributed by atoms with van der Waals surface area (Å²) < 4.78 is 5.24. The van der Waals surface area contributed by atoms with Crippen molar-refractivity contribution in [3.63, 3.8) is 0 Å². The maximum atomic E-state index is 12.4.